The Bertz CT molecular complexity index is 536. The van der Waals surface area contributed by atoms with Crippen LogP contribution in [0.2, 0.25) is 0 Å². The summed E-state index contributed by atoms with van der Waals surface area (Å²) in [7, 11) is 1.34. The fourth-order valence-electron chi connectivity index (χ4n) is 1.47. The Morgan fingerprint density at radius 3 is 3.06 bits per heavy atom. The van der Waals surface area contributed by atoms with Gasteiger partial charge in [0.2, 0.25) is 0 Å². The van der Waals surface area contributed by atoms with Gasteiger partial charge in [-0.05, 0) is 18.2 Å². The summed E-state index contributed by atoms with van der Waals surface area (Å²) in [4.78, 5) is 11.2. The van der Waals surface area contributed by atoms with E-state index in [1.165, 1.54) is 13.3 Å². The largest absolute Gasteiger partial charge is 0.469 e. The number of rotatable bonds is 3. The minimum absolute atomic E-state index is 0.123. The molecule has 0 spiro atoms. The molecule has 88 valence electrons. The molecule has 0 atom stereocenters. The Kier molecular flexibility index (Phi) is 3.04. The number of aromatic nitrogens is 3. The predicted octanol–water partition coefficient (Wildman–Crippen LogP) is 0.565. The van der Waals surface area contributed by atoms with Crippen LogP contribution in [0.3, 0.4) is 0 Å². The lowest BCUT2D eigenvalue weighted by Gasteiger charge is -2.05. The van der Waals surface area contributed by atoms with Gasteiger partial charge in [-0.3, -0.25) is 4.79 Å². The Balaban J connectivity index is 2.33. The van der Waals surface area contributed by atoms with Gasteiger partial charge in [-0.25, -0.2) is 4.68 Å². The van der Waals surface area contributed by atoms with Crippen LogP contribution in [0.1, 0.15) is 5.69 Å². The zero-order valence-corrected chi connectivity index (χ0v) is 9.33. The molecule has 0 bridgehead atoms. The third-order valence-corrected chi connectivity index (χ3v) is 2.29. The maximum absolute atomic E-state index is 11.2. The fourth-order valence-corrected chi connectivity index (χ4v) is 1.47. The van der Waals surface area contributed by atoms with Gasteiger partial charge in [0.05, 0.1) is 31.1 Å². The van der Waals surface area contributed by atoms with E-state index in [4.69, 9.17) is 5.73 Å². The molecule has 0 saturated heterocycles. The van der Waals surface area contributed by atoms with Gasteiger partial charge in [0, 0.05) is 5.69 Å². The SMILES string of the molecule is COC(=O)Cc1cnnn1-c1cccc(N)c1. The molecule has 1 heterocycles. The average molecular weight is 232 g/mol. The molecular formula is C11H12N4O2. The molecule has 0 fully saturated rings. The third-order valence-electron chi connectivity index (χ3n) is 2.29. The van der Waals surface area contributed by atoms with Crippen LogP contribution < -0.4 is 5.73 Å². The normalized spacial score (nSPS) is 10.2. The standard InChI is InChI=1S/C11H12N4O2/c1-17-11(16)6-10-7-13-14-15(10)9-4-2-3-8(12)5-9/h2-5,7H,6,12H2,1H3. The average Bonchev–Trinajstić information content (AvgIpc) is 2.77. The first kappa shape index (κ1) is 11.1. The van der Waals surface area contributed by atoms with Crippen LogP contribution in [0.25, 0.3) is 5.69 Å². The summed E-state index contributed by atoms with van der Waals surface area (Å²) in [5, 5.41) is 7.70. The molecule has 6 heteroatoms. The van der Waals surface area contributed by atoms with E-state index in [9.17, 15) is 4.79 Å². The topological polar surface area (TPSA) is 83.0 Å². The number of hydrogen-bond donors (Lipinski definition) is 1. The molecule has 0 aliphatic heterocycles. The van der Waals surface area contributed by atoms with Crippen molar-refractivity contribution in [2.45, 2.75) is 6.42 Å². The van der Waals surface area contributed by atoms with E-state index in [2.05, 4.69) is 15.0 Å². The Hall–Kier alpha value is -2.37. The monoisotopic (exact) mass is 232 g/mol. The molecule has 0 radical (unpaired) electrons. The van der Waals surface area contributed by atoms with Crippen molar-refractivity contribution in [2.75, 3.05) is 12.8 Å². The highest BCUT2D eigenvalue weighted by Gasteiger charge is 2.11. The second kappa shape index (κ2) is 4.65. The number of methoxy groups -OCH3 is 1. The molecule has 0 unspecified atom stereocenters. The van der Waals surface area contributed by atoms with E-state index >= 15 is 0 Å². The van der Waals surface area contributed by atoms with Gasteiger partial charge in [0.1, 0.15) is 0 Å². The second-order valence-corrected chi connectivity index (χ2v) is 3.49. The Labute approximate surface area is 98.0 Å². The van der Waals surface area contributed by atoms with E-state index in [0.717, 1.165) is 5.69 Å². The lowest BCUT2D eigenvalue weighted by Crippen LogP contribution is -2.10. The van der Waals surface area contributed by atoms with E-state index in [1.54, 1.807) is 16.8 Å². The quantitative estimate of drug-likeness (QED) is 0.617. The van der Waals surface area contributed by atoms with Crippen LogP contribution in [0.15, 0.2) is 30.5 Å². The lowest BCUT2D eigenvalue weighted by molar-refractivity contribution is -0.139. The minimum Gasteiger partial charge on any atom is -0.469 e. The summed E-state index contributed by atoms with van der Waals surface area (Å²) in [5.41, 5.74) is 7.74. The van der Waals surface area contributed by atoms with E-state index in [-0.39, 0.29) is 12.4 Å². The molecule has 17 heavy (non-hydrogen) atoms. The first-order valence-electron chi connectivity index (χ1n) is 5.03. The summed E-state index contributed by atoms with van der Waals surface area (Å²) in [5.74, 6) is -0.336. The zero-order valence-electron chi connectivity index (χ0n) is 9.33. The zero-order chi connectivity index (χ0) is 12.3. The molecule has 0 amide bonds. The highest BCUT2D eigenvalue weighted by Crippen LogP contribution is 2.13. The van der Waals surface area contributed by atoms with Crippen LogP contribution in [0.5, 0.6) is 0 Å². The number of nitrogens with zero attached hydrogens (tertiary/aromatic N) is 3. The Morgan fingerprint density at radius 2 is 2.35 bits per heavy atom. The number of esters is 1. The molecule has 2 N–H and O–H groups in total. The molecule has 2 aromatic rings. The van der Waals surface area contributed by atoms with E-state index in [0.29, 0.717) is 11.4 Å². The Morgan fingerprint density at radius 1 is 1.53 bits per heavy atom. The lowest BCUT2D eigenvalue weighted by atomic mass is 10.2. The van der Waals surface area contributed by atoms with Crippen molar-refractivity contribution >= 4 is 11.7 Å². The minimum atomic E-state index is -0.336. The van der Waals surface area contributed by atoms with Gasteiger partial charge in [-0.2, -0.15) is 0 Å². The molecule has 0 aliphatic rings. The molecule has 2 rings (SSSR count). The van der Waals surface area contributed by atoms with Crippen molar-refractivity contribution in [1.29, 1.82) is 0 Å². The number of anilines is 1. The summed E-state index contributed by atoms with van der Waals surface area (Å²) in [6.45, 7) is 0. The van der Waals surface area contributed by atoms with Gasteiger partial charge in [-0.15, -0.1) is 5.10 Å². The van der Waals surface area contributed by atoms with E-state index < -0.39 is 0 Å². The van der Waals surface area contributed by atoms with E-state index in [1.807, 2.05) is 12.1 Å². The second-order valence-electron chi connectivity index (χ2n) is 3.49. The maximum Gasteiger partial charge on any atom is 0.311 e. The first-order chi connectivity index (χ1) is 8.20. The van der Waals surface area contributed by atoms with Gasteiger partial charge in [0.15, 0.2) is 0 Å². The number of ether oxygens (including phenoxy) is 1. The summed E-state index contributed by atoms with van der Waals surface area (Å²) in [6, 6.07) is 7.19. The van der Waals surface area contributed by atoms with Gasteiger partial charge in [0.25, 0.3) is 0 Å². The molecule has 1 aromatic heterocycles. The molecular weight excluding hydrogens is 220 g/mol. The molecule has 6 nitrogen and oxygen atoms in total. The number of nitrogens with two attached hydrogens (primary N) is 1. The highest BCUT2D eigenvalue weighted by atomic mass is 16.5. The van der Waals surface area contributed by atoms with Gasteiger partial charge < -0.3 is 10.5 Å². The first-order valence-corrected chi connectivity index (χ1v) is 5.03. The van der Waals surface area contributed by atoms with Gasteiger partial charge >= 0.3 is 5.97 Å². The smallest absolute Gasteiger partial charge is 0.311 e. The van der Waals surface area contributed by atoms with Crippen molar-refractivity contribution < 1.29 is 9.53 Å². The number of benzene rings is 1. The summed E-state index contributed by atoms with van der Waals surface area (Å²) in [6.07, 6.45) is 1.65. The maximum atomic E-state index is 11.2. The van der Waals surface area contributed by atoms with Crippen LogP contribution >= 0.6 is 0 Å². The van der Waals surface area contributed by atoms with Crippen LogP contribution in [-0.2, 0) is 16.0 Å². The van der Waals surface area contributed by atoms with Crippen LogP contribution in [0, 0.1) is 0 Å². The van der Waals surface area contributed by atoms with Crippen molar-refractivity contribution in [3.63, 3.8) is 0 Å². The molecule has 0 aliphatic carbocycles. The fraction of sp³-hybridized carbons (Fsp3) is 0.182. The number of carbonyl (C=O) groups is 1. The number of carbonyl (C=O) groups excluding carboxylic acids is 1. The number of nitrogen functional groups attached to an aromatic ring is 1. The van der Waals surface area contributed by atoms with Gasteiger partial charge in [-0.1, -0.05) is 11.3 Å². The predicted molar refractivity (Wildman–Crippen MR) is 61.5 cm³/mol. The van der Waals surface area contributed by atoms with Crippen molar-refractivity contribution in [1.82, 2.24) is 15.0 Å². The van der Waals surface area contributed by atoms with Crippen LogP contribution in [0.4, 0.5) is 5.69 Å². The van der Waals surface area contributed by atoms with Crippen molar-refractivity contribution in [3.05, 3.63) is 36.2 Å². The molecule has 1 aromatic carbocycles. The summed E-state index contributed by atoms with van der Waals surface area (Å²) >= 11 is 0. The summed E-state index contributed by atoms with van der Waals surface area (Å²) < 4.78 is 6.17. The van der Waals surface area contributed by atoms with Crippen LogP contribution in [-0.4, -0.2) is 28.1 Å². The number of hydrogen-bond acceptors (Lipinski definition) is 5. The third kappa shape index (κ3) is 2.41. The highest BCUT2D eigenvalue weighted by molar-refractivity contribution is 5.72. The molecule has 0 saturated carbocycles. The van der Waals surface area contributed by atoms with Crippen molar-refractivity contribution in [2.24, 2.45) is 0 Å². The van der Waals surface area contributed by atoms with Crippen molar-refractivity contribution in [3.8, 4) is 5.69 Å².